The maximum atomic E-state index is 6.00. The topological polar surface area (TPSA) is 21.3 Å². The molecule has 2 aromatic carbocycles. The Morgan fingerprint density at radius 3 is 2.19 bits per heavy atom. The predicted molar refractivity (Wildman–Crippen MR) is 84.3 cm³/mol. The van der Waals surface area contributed by atoms with Crippen LogP contribution in [0.4, 0.5) is 0 Å². The zero-order chi connectivity index (χ0) is 14.3. The lowest BCUT2D eigenvalue weighted by atomic mass is 9.70. The zero-order valence-corrected chi connectivity index (χ0v) is 12.3. The summed E-state index contributed by atoms with van der Waals surface area (Å²) in [5.41, 5.74) is 2.59. The van der Waals surface area contributed by atoms with Crippen molar-refractivity contribution in [3.63, 3.8) is 0 Å². The third kappa shape index (κ3) is 1.94. The highest BCUT2D eigenvalue weighted by atomic mass is 16.5. The maximum absolute atomic E-state index is 6.00. The summed E-state index contributed by atoms with van der Waals surface area (Å²) in [6, 6.07) is 22.2. The van der Waals surface area contributed by atoms with Crippen LogP contribution < -0.4 is 5.32 Å². The molecule has 4 rings (SSSR count). The lowest BCUT2D eigenvalue weighted by Gasteiger charge is -2.37. The first-order valence-corrected chi connectivity index (χ1v) is 7.77. The molecule has 2 saturated heterocycles. The monoisotopic (exact) mass is 279 g/mol. The summed E-state index contributed by atoms with van der Waals surface area (Å²) in [6.45, 7) is 0. The van der Waals surface area contributed by atoms with E-state index in [4.69, 9.17) is 4.74 Å². The van der Waals surface area contributed by atoms with Crippen LogP contribution >= 0.6 is 0 Å². The number of fused-ring (bicyclic) bond motifs is 2. The van der Waals surface area contributed by atoms with Gasteiger partial charge in [-0.05, 0) is 24.0 Å². The van der Waals surface area contributed by atoms with Crippen LogP contribution in [0.25, 0.3) is 0 Å². The van der Waals surface area contributed by atoms with Crippen molar-refractivity contribution in [3.05, 3.63) is 71.8 Å². The van der Waals surface area contributed by atoms with Gasteiger partial charge >= 0.3 is 0 Å². The number of ether oxygens (including phenoxy) is 1. The van der Waals surface area contributed by atoms with Gasteiger partial charge in [-0.3, -0.25) is 5.32 Å². The molecule has 2 aliphatic rings. The van der Waals surface area contributed by atoms with Gasteiger partial charge < -0.3 is 4.74 Å². The highest BCUT2D eigenvalue weighted by Crippen LogP contribution is 2.55. The van der Waals surface area contributed by atoms with Crippen molar-refractivity contribution < 1.29 is 4.74 Å². The minimum atomic E-state index is -0.202. The molecule has 4 atom stereocenters. The van der Waals surface area contributed by atoms with Gasteiger partial charge in [0.2, 0.25) is 0 Å². The van der Waals surface area contributed by atoms with Gasteiger partial charge in [-0.2, -0.15) is 0 Å². The summed E-state index contributed by atoms with van der Waals surface area (Å²) in [6.07, 6.45) is 2.29. The van der Waals surface area contributed by atoms with E-state index in [1.165, 1.54) is 17.5 Å². The molecule has 2 nitrogen and oxygen atoms in total. The summed E-state index contributed by atoms with van der Waals surface area (Å²) in [5, 5.41) is 3.77. The molecule has 0 saturated carbocycles. The van der Waals surface area contributed by atoms with Gasteiger partial charge in [-0.1, -0.05) is 60.7 Å². The first kappa shape index (κ1) is 13.1. The van der Waals surface area contributed by atoms with Crippen molar-refractivity contribution in [1.82, 2.24) is 5.32 Å². The minimum absolute atomic E-state index is 0.202. The van der Waals surface area contributed by atoms with E-state index < -0.39 is 0 Å². The normalized spacial score (nSPS) is 34.2. The predicted octanol–water partition coefficient (Wildman–Crippen LogP) is 3.66. The summed E-state index contributed by atoms with van der Waals surface area (Å²) in [5.74, 6) is 0.868. The SMILES string of the molecule is CO[C@@]12CC[C@@H](N1)[C@@H](c1ccccc1)[C@H]2c1ccccc1. The van der Waals surface area contributed by atoms with E-state index in [0.29, 0.717) is 17.9 Å². The van der Waals surface area contributed by atoms with E-state index >= 15 is 0 Å². The van der Waals surface area contributed by atoms with Crippen LogP contribution in [0.5, 0.6) is 0 Å². The highest BCUT2D eigenvalue weighted by Gasteiger charge is 2.58. The Kier molecular flexibility index (Phi) is 3.09. The standard InChI is InChI=1S/C19H21NO/c1-21-19-13-12-16(20-19)17(14-8-4-2-5-9-14)18(19)15-10-6-3-7-11-15/h2-11,16-18,20H,12-13H2,1H3/t16-,17-,18-,19-/m1/s1. The molecule has 2 fully saturated rings. The van der Waals surface area contributed by atoms with Crippen molar-refractivity contribution in [1.29, 1.82) is 0 Å². The first-order chi connectivity index (χ1) is 10.3. The first-order valence-electron chi connectivity index (χ1n) is 7.77. The molecule has 2 aromatic rings. The van der Waals surface area contributed by atoms with E-state index in [1.807, 2.05) is 7.11 Å². The van der Waals surface area contributed by atoms with Gasteiger partial charge in [0, 0.05) is 25.0 Å². The van der Waals surface area contributed by atoms with Crippen LogP contribution in [0.1, 0.15) is 35.8 Å². The molecule has 2 heteroatoms. The van der Waals surface area contributed by atoms with Gasteiger partial charge in [0.15, 0.2) is 0 Å². The Labute approximate surface area is 126 Å². The summed E-state index contributed by atoms with van der Waals surface area (Å²) < 4.78 is 6.00. The molecule has 2 bridgehead atoms. The average molecular weight is 279 g/mol. The molecule has 2 aliphatic heterocycles. The van der Waals surface area contributed by atoms with Crippen molar-refractivity contribution >= 4 is 0 Å². The molecular weight excluding hydrogens is 258 g/mol. The van der Waals surface area contributed by atoms with Crippen LogP contribution in [0.3, 0.4) is 0 Å². The van der Waals surface area contributed by atoms with Crippen molar-refractivity contribution in [2.24, 2.45) is 0 Å². The Hall–Kier alpha value is -1.64. The molecule has 21 heavy (non-hydrogen) atoms. The van der Waals surface area contributed by atoms with Crippen LogP contribution in [-0.4, -0.2) is 18.9 Å². The van der Waals surface area contributed by atoms with Crippen molar-refractivity contribution in [3.8, 4) is 0 Å². The molecule has 0 aromatic heterocycles. The number of methoxy groups -OCH3 is 1. The van der Waals surface area contributed by atoms with Crippen LogP contribution in [-0.2, 0) is 4.74 Å². The number of nitrogens with one attached hydrogen (secondary N) is 1. The van der Waals surface area contributed by atoms with Crippen LogP contribution in [0.15, 0.2) is 60.7 Å². The largest absolute Gasteiger partial charge is 0.363 e. The Morgan fingerprint density at radius 1 is 0.952 bits per heavy atom. The lowest BCUT2D eigenvalue weighted by Crippen LogP contribution is -2.43. The van der Waals surface area contributed by atoms with Gasteiger partial charge in [-0.15, -0.1) is 0 Å². The summed E-state index contributed by atoms with van der Waals surface area (Å²) in [7, 11) is 1.85. The molecule has 0 spiro atoms. The van der Waals surface area contributed by atoms with E-state index in [9.17, 15) is 0 Å². The fraction of sp³-hybridized carbons (Fsp3) is 0.368. The van der Waals surface area contributed by atoms with E-state index in [0.717, 1.165) is 6.42 Å². The third-order valence-corrected chi connectivity index (χ3v) is 5.26. The van der Waals surface area contributed by atoms with Gasteiger partial charge in [0.1, 0.15) is 5.72 Å². The Bertz CT molecular complexity index is 612. The molecule has 1 N–H and O–H groups in total. The van der Waals surface area contributed by atoms with E-state index in [-0.39, 0.29) is 5.72 Å². The van der Waals surface area contributed by atoms with Crippen molar-refractivity contribution in [2.75, 3.05) is 7.11 Å². The van der Waals surface area contributed by atoms with Crippen LogP contribution in [0, 0.1) is 0 Å². The lowest BCUT2D eigenvalue weighted by molar-refractivity contribution is -0.0352. The van der Waals surface area contributed by atoms with Crippen molar-refractivity contribution in [2.45, 2.75) is 36.4 Å². The third-order valence-electron chi connectivity index (χ3n) is 5.26. The fourth-order valence-corrected chi connectivity index (χ4v) is 4.39. The van der Waals surface area contributed by atoms with E-state index in [1.54, 1.807) is 0 Å². The molecule has 108 valence electrons. The quantitative estimate of drug-likeness (QED) is 0.925. The van der Waals surface area contributed by atoms with Gasteiger partial charge in [-0.25, -0.2) is 0 Å². The maximum Gasteiger partial charge on any atom is 0.126 e. The highest BCUT2D eigenvalue weighted by molar-refractivity contribution is 5.37. The average Bonchev–Trinajstić information content (AvgIpc) is 3.13. The smallest absolute Gasteiger partial charge is 0.126 e. The van der Waals surface area contributed by atoms with E-state index in [2.05, 4.69) is 66.0 Å². The number of rotatable bonds is 3. The molecule has 0 amide bonds. The molecular formula is C19H21NO. The summed E-state index contributed by atoms with van der Waals surface area (Å²) in [4.78, 5) is 0. The number of hydrogen-bond acceptors (Lipinski definition) is 2. The second-order valence-electron chi connectivity index (χ2n) is 6.21. The Morgan fingerprint density at radius 2 is 1.57 bits per heavy atom. The summed E-state index contributed by atoms with van der Waals surface area (Å²) >= 11 is 0. The molecule has 0 radical (unpaired) electrons. The number of hydrogen-bond donors (Lipinski definition) is 1. The van der Waals surface area contributed by atoms with Gasteiger partial charge in [0.05, 0.1) is 0 Å². The van der Waals surface area contributed by atoms with Gasteiger partial charge in [0.25, 0.3) is 0 Å². The van der Waals surface area contributed by atoms with Crippen LogP contribution in [0.2, 0.25) is 0 Å². The molecule has 0 unspecified atom stereocenters. The minimum Gasteiger partial charge on any atom is -0.363 e. The molecule has 2 heterocycles. The Balaban J connectivity index is 1.82. The fourth-order valence-electron chi connectivity index (χ4n) is 4.39. The number of benzene rings is 2. The second kappa shape index (κ2) is 4.97. The zero-order valence-electron chi connectivity index (χ0n) is 12.3. The molecule has 0 aliphatic carbocycles. The second-order valence-corrected chi connectivity index (χ2v) is 6.21.